The van der Waals surface area contributed by atoms with Crippen LogP contribution in [0.25, 0.3) is 0 Å². The number of hydrogen-bond acceptors (Lipinski definition) is 3. The second-order valence-electron chi connectivity index (χ2n) is 5.94. The van der Waals surface area contributed by atoms with Gasteiger partial charge in [0.25, 0.3) is 0 Å². The fourth-order valence-electron chi connectivity index (χ4n) is 3.01. The molecule has 0 radical (unpaired) electrons. The van der Waals surface area contributed by atoms with Gasteiger partial charge in [-0.05, 0) is 90.9 Å². The van der Waals surface area contributed by atoms with Crippen molar-refractivity contribution in [2.24, 2.45) is 0 Å². The molecule has 1 fully saturated rings. The van der Waals surface area contributed by atoms with Crippen LogP contribution in [0.1, 0.15) is 36.9 Å². The number of aryl methyl sites for hydroxylation is 2. The van der Waals surface area contributed by atoms with E-state index in [1.54, 1.807) is 7.11 Å². The SMILES string of the molecule is COc1cc(I)c(CCc2ccccn2)cc1OC1CCCC1. The zero-order chi connectivity index (χ0) is 16.1. The van der Waals surface area contributed by atoms with Gasteiger partial charge in [0.15, 0.2) is 11.5 Å². The molecule has 0 N–H and O–H groups in total. The molecule has 1 aliphatic carbocycles. The first-order chi connectivity index (χ1) is 11.3. The molecule has 3 rings (SSSR count). The number of pyridine rings is 1. The van der Waals surface area contributed by atoms with Crippen molar-refractivity contribution >= 4 is 22.6 Å². The highest BCUT2D eigenvalue weighted by atomic mass is 127. The van der Waals surface area contributed by atoms with Crippen molar-refractivity contribution in [3.63, 3.8) is 0 Å². The third-order valence-corrected chi connectivity index (χ3v) is 5.31. The first-order valence-corrected chi connectivity index (χ1v) is 9.27. The number of nitrogens with zero attached hydrogens (tertiary/aromatic N) is 1. The van der Waals surface area contributed by atoms with E-state index >= 15 is 0 Å². The molecule has 0 saturated heterocycles. The summed E-state index contributed by atoms with van der Waals surface area (Å²) in [5.74, 6) is 1.72. The summed E-state index contributed by atoms with van der Waals surface area (Å²) in [5, 5.41) is 0. The second-order valence-corrected chi connectivity index (χ2v) is 7.10. The lowest BCUT2D eigenvalue weighted by atomic mass is 10.1. The minimum absolute atomic E-state index is 0.340. The third kappa shape index (κ3) is 4.37. The van der Waals surface area contributed by atoms with E-state index in [1.165, 1.54) is 22.0 Å². The molecule has 1 aromatic heterocycles. The van der Waals surface area contributed by atoms with E-state index in [2.05, 4.69) is 45.8 Å². The molecule has 1 aliphatic rings. The van der Waals surface area contributed by atoms with Gasteiger partial charge in [0, 0.05) is 15.5 Å². The predicted octanol–water partition coefficient (Wildman–Crippen LogP) is 4.80. The molecule has 0 amide bonds. The van der Waals surface area contributed by atoms with Gasteiger partial charge < -0.3 is 9.47 Å². The number of ether oxygens (including phenoxy) is 2. The Labute approximate surface area is 151 Å². The van der Waals surface area contributed by atoms with E-state index in [9.17, 15) is 0 Å². The molecule has 0 spiro atoms. The molecule has 0 unspecified atom stereocenters. The average Bonchev–Trinajstić information content (AvgIpc) is 3.09. The summed E-state index contributed by atoms with van der Waals surface area (Å²) in [6.07, 6.45) is 8.92. The highest BCUT2D eigenvalue weighted by Crippen LogP contribution is 2.35. The maximum absolute atomic E-state index is 6.20. The molecule has 1 heterocycles. The van der Waals surface area contributed by atoms with Gasteiger partial charge in [0.1, 0.15) is 0 Å². The Balaban J connectivity index is 1.76. The lowest BCUT2D eigenvalue weighted by Gasteiger charge is -2.18. The molecule has 1 aromatic carbocycles. The van der Waals surface area contributed by atoms with Crippen LogP contribution in [0.3, 0.4) is 0 Å². The third-order valence-electron chi connectivity index (χ3n) is 4.31. The standard InChI is InChI=1S/C19H22INO2/c1-22-18-13-17(20)14(9-10-15-6-4-5-11-21-15)12-19(18)23-16-7-2-3-8-16/h4-6,11-13,16H,2-3,7-10H2,1H3. The number of hydrogen-bond donors (Lipinski definition) is 0. The Morgan fingerprint density at radius 3 is 2.65 bits per heavy atom. The van der Waals surface area contributed by atoms with Gasteiger partial charge in [-0.25, -0.2) is 0 Å². The second kappa shape index (κ2) is 7.99. The van der Waals surface area contributed by atoms with Crippen molar-refractivity contribution in [2.75, 3.05) is 7.11 Å². The molecule has 4 heteroatoms. The largest absolute Gasteiger partial charge is 0.493 e. The smallest absolute Gasteiger partial charge is 0.161 e. The van der Waals surface area contributed by atoms with Crippen LogP contribution in [0.4, 0.5) is 0 Å². The van der Waals surface area contributed by atoms with E-state index < -0.39 is 0 Å². The van der Waals surface area contributed by atoms with Gasteiger partial charge >= 0.3 is 0 Å². The zero-order valence-corrected chi connectivity index (χ0v) is 15.6. The summed E-state index contributed by atoms with van der Waals surface area (Å²) in [5.41, 5.74) is 2.42. The van der Waals surface area contributed by atoms with Crippen LogP contribution in [0.2, 0.25) is 0 Å². The molecule has 0 bridgehead atoms. The summed E-state index contributed by atoms with van der Waals surface area (Å²) in [7, 11) is 1.71. The topological polar surface area (TPSA) is 31.4 Å². The summed E-state index contributed by atoms with van der Waals surface area (Å²) in [6, 6.07) is 10.3. The van der Waals surface area contributed by atoms with Gasteiger partial charge in [0.2, 0.25) is 0 Å². The van der Waals surface area contributed by atoms with Crippen LogP contribution in [-0.2, 0) is 12.8 Å². The van der Waals surface area contributed by atoms with Crippen LogP contribution in [0.5, 0.6) is 11.5 Å². The lowest BCUT2D eigenvalue weighted by molar-refractivity contribution is 0.200. The molecule has 23 heavy (non-hydrogen) atoms. The molecular formula is C19H22INO2. The van der Waals surface area contributed by atoms with Crippen molar-refractivity contribution in [3.05, 3.63) is 51.4 Å². The van der Waals surface area contributed by atoms with Gasteiger partial charge in [-0.1, -0.05) is 6.07 Å². The number of rotatable bonds is 6. The van der Waals surface area contributed by atoms with E-state index in [1.807, 2.05) is 18.3 Å². The molecule has 2 aromatic rings. The molecular weight excluding hydrogens is 401 g/mol. The van der Waals surface area contributed by atoms with Gasteiger partial charge in [-0.2, -0.15) is 0 Å². The van der Waals surface area contributed by atoms with Gasteiger partial charge in [-0.3, -0.25) is 4.98 Å². The van der Waals surface area contributed by atoms with E-state index in [-0.39, 0.29) is 0 Å². The highest BCUT2D eigenvalue weighted by Gasteiger charge is 2.19. The monoisotopic (exact) mass is 423 g/mol. The van der Waals surface area contributed by atoms with Crippen LogP contribution in [-0.4, -0.2) is 18.2 Å². The quantitative estimate of drug-likeness (QED) is 0.626. The fourth-order valence-corrected chi connectivity index (χ4v) is 3.72. The van der Waals surface area contributed by atoms with Crippen molar-refractivity contribution in [1.82, 2.24) is 4.98 Å². The highest BCUT2D eigenvalue weighted by molar-refractivity contribution is 14.1. The van der Waals surface area contributed by atoms with E-state index in [0.29, 0.717) is 6.10 Å². The molecule has 122 valence electrons. The molecule has 0 atom stereocenters. The lowest BCUT2D eigenvalue weighted by Crippen LogP contribution is -2.12. The minimum atomic E-state index is 0.340. The predicted molar refractivity (Wildman–Crippen MR) is 100 cm³/mol. The van der Waals surface area contributed by atoms with Crippen molar-refractivity contribution in [2.45, 2.75) is 44.6 Å². The van der Waals surface area contributed by atoms with Crippen molar-refractivity contribution < 1.29 is 9.47 Å². The summed E-state index contributed by atoms with van der Waals surface area (Å²) < 4.78 is 12.9. The van der Waals surface area contributed by atoms with Crippen molar-refractivity contribution in [3.8, 4) is 11.5 Å². The zero-order valence-electron chi connectivity index (χ0n) is 13.4. The Hall–Kier alpha value is -1.30. The van der Waals surface area contributed by atoms with Crippen LogP contribution < -0.4 is 9.47 Å². The van der Waals surface area contributed by atoms with Gasteiger partial charge in [0.05, 0.1) is 13.2 Å². The van der Waals surface area contributed by atoms with Gasteiger partial charge in [-0.15, -0.1) is 0 Å². The van der Waals surface area contributed by atoms with Crippen LogP contribution >= 0.6 is 22.6 Å². The van der Waals surface area contributed by atoms with Crippen LogP contribution in [0.15, 0.2) is 36.5 Å². The van der Waals surface area contributed by atoms with Crippen LogP contribution in [0, 0.1) is 3.57 Å². The first kappa shape index (κ1) is 16.6. The average molecular weight is 423 g/mol. The van der Waals surface area contributed by atoms with E-state index in [0.717, 1.165) is 42.9 Å². The summed E-state index contributed by atoms with van der Waals surface area (Å²) >= 11 is 2.38. The van der Waals surface area contributed by atoms with E-state index in [4.69, 9.17) is 9.47 Å². The summed E-state index contributed by atoms with van der Waals surface area (Å²) in [6.45, 7) is 0. The number of methoxy groups -OCH3 is 1. The maximum atomic E-state index is 6.20. The number of benzene rings is 1. The maximum Gasteiger partial charge on any atom is 0.161 e. The minimum Gasteiger partial charge on any atom is -0.493 e. The van der Waals surface area contributed by atoms with Crippen molar-refractivity contribution in [1.29, 1.82) is 0 Å². The Morgan fingerprint density at radius 1 is 1.13 bits per heavy atom. The molecule has 3 nitrogen and oxygen atoms in total. The fraction of sp³-hybridized carbons (Fsp3) is 0.421. The Bertz CT molecular complexity index is 639. The Morgan fingerprint density at radius 2 is 1.96 bits per heavy atom. The Kier molecular flexibility index (Phi) is 5.75. The normalized spacial score (nSPS) is 14.9. The number of aromatic nitrogens is 1. The molecule has 0 aliphatic heterocycles. The summed E-state index contributed by atoms with van der Waals surface area (Å²) in [4.78, 5) is 4.40. The first-order valence-electron chi connectivity index (χ1n) is 8.19. The molecule has 1 saturated carbocycles. The number of halogens is 1.